The summed E-state index contributed by atoms with van der Waals surface area (Å²) in [6.45, 7) is 0.638. The zero-order valence-corrected chi connectivity index (χ0v) is 14.2. The highest BCUT2D eigenvalue weighted by Crippen LogP contribution is 2.11. The molecular formula is C22H20N2O. The first kappa shape index (κ1) is 16.7. The molecular weight excluding hydrogens is 308 g/mol. The Labute approximate surface area is 148 Å². The molecule has 0 amide bonds. The molecule has 0 saturated carbocycles. The molecule has 3 aromatic carbocycles. The molecule has 0 fully saturated rings. The zero-order chi connectivity index (χ0) is 17.5. The monoisotopic (exact) mass is 328 g/mol. The molecule has 0 saturated heterocycles. The van der Waals surface area contributed by atoms with Crippen LogP contribution in [-0.2, 0) is 6.54 Å². The number of nitrogens with zero attached hydrogens (tertiary/aromatic N) is 2. The maximum atomic E-state index is 13.0. The van der Waals surface area contributed by atoms with Crippen molar-refractivity contribution in [2.45, 2.75) is 6.54 Å². The minimum atomic E-state index is -0.0771. The smallest absolute Gasteiger partial charge is 0.213 e. The summed E-state index contributed by atoms with van der Waals surface area (Å²) in [6.07, 6.45) is 0. The van der Waals surface area contributed by atoms with E-state index in [9.17, 15) is 4.79 Å². The van der Waals surface area contributed by atoms with E-state index in [-0.39, 0.29) is 5.78 Å². The van der Waals surface area contributed by atoms with Crippen molar-refractivity contribution in [2.75, 3.05) is 7.05 Å². The van der Waals surface area contributed by atoms with E-state index in [0.717, 1.165) is 11.1 Å². The van der Waals surface area contributed by atoms with Crippen LogP contribution in [0.25, 0.3) is 0 Å². The van der Waals surface area contributed by atoms with Crippen LogP contribution in [0.2, 0.25) is 0 Å². The number of carbonyl (C=O) groups excluding carboxylic acids is 1. The van der Waals surface area contributed by atoms with Crippen molar-refractivity contribution >= 4 is 11.5 Å². The van der Waals surface area contributed by atoms with E-state index < -0.39 is 0 Å². The number of rotatable bonds is 6. The molecule has 3 aromatic rings. The largest absolute Gasteiger partial charge is 0.295 e. The average Bonchev–Trinajstić information content (AvgIpc) is 2.68. The van der Waals surface area contributed by atoms with Gasteiger partial charge in [0.05, 0.1) is 6.54 Å². The standard InChI is InChI=1S/C22H20N2O/c1-24(17-18-11-5-2-6-12-18)23-21(19-13-7-3-8-14-19)22(25)20-15-9-4-10-16-20/h2-16H,17H2,1H3/b23-21+. The molecule has 0 spiro atoms. The third kappa shape index (κ3) is 4.42. The minimum absolute atomic E-state index is 0.0771. The molecule has 3 heteroatoms. The molecule has 25 heavy (non-hydrogen) atoms. The molecule has 0 aromatic heterocycles. The van der Waals surface area contributed by atoms with Crippen molar-refractivity contribution in [2.24, 2.45) is 5.10 Å². The fourth-order valence-electron chi connectivity index (χ4n) is 2.61. The highest BCUT2D eigenvalue weighted by Gasteiger charge is 2.17. The van der Waals surface area contributed by atoms with Gasteiger partial charge in [0.2, 0.25) is 5.78 Å². The van der Waals surface area contributed by atoms with Gasteiger partial charge in [-0.1, -0.05) is 91.0 Å². The van der Waals surface area contributed by atoms with Gasteiger partial charge in [-0.05, 0) is 5.56 Å². The lowest BCUT2D eigenvalue weighted by molar-refractivity contribution is 0.106. The van der Waals surface area contributed by atoms with Crippen LogP contribution in [0.15, 0.2) is 96.1 Å². The van der Waals surface area contributed by atoms with Crippen molar-refractivity contribution in [3.05, 3.63) is 108 Å². The summed E-state index contributed by atoms with van der Waals surface area (Å²) in [4.78, 5) is 13.0. The van der Waals surface area contributed by atoms with E-state index in [1.165, 1.54) is 0 Å². The summed E-state index contributed by atoms with van der Waals surface area (Å²) in [5.41, 5.74) is 3.05. The van der Waals surface area contributed by atoms with Gasteiger partial charge in [-0.15, -0.1) is 0 Å². The van der Waals surface area contributed by atoms with Gasteiger partial charge >= 0.3 is 0 Å². The predicted octanol–water partition coefficient (Wildman–Crippen LogP) is 4.41. The zero-order valence-electron chi connectivity index (χ0n) is 14.2. The summed E-state index contributed by atoms with van der Waals surface area (Å²) in [5, 5.41) is 6.42. The lowest BCUT2D eigenvalue weighted by Crippen LogP contribution is -2.21. The van der Waals surface area contributed by atoms with Gasteiger partial charge in [-0.2, -0.15) is 5.10 Å². The van der Waals surface area contributed by atoms with Gasteiger partial charge in [0.1, 0.15) is 5.71 Å². The van der Waals surface area contributed by atoms with Crippen LogP contribution < -0.4 is 0 Å². The van der Waals surface area contributed by atoms with Crippen LogP contribution in [0, 0.1) is 0 Å². The molecule has 124 valence electrons. The minimum Gasteiger partial charge on any atom is -0.295 e. The van der Waals surface area contributed by atoms with Crippen LogP contribution >= 0.6 is 0 Å². The Bertz CT molecular complexity index is 843. The summed E-state index contributed by atoms with van der Waals surface area (Å²) in [7, 11) is 1.88. The third-order valence-corrected chi connectivity index (χ3v) is 3.82. The Morgan fingerprint density at radius 3 is 1.80 bits per heavy atom. The van der Waals surface area contributed by atoms with Gasteiger partial charge in [-0.3, -0.25) is 9.80 Å². The topological polar surface area (TPSA) is 32.7 Å². The number of benzene rings is 3. The number of carbonyl (C=O) groups is 1. The number of hydrazone groups is 1. The van der Waals surface area contributed by atoms with Gasteiger partial charge in [0.15, 0.2) is 0 Å². The van der Waals surface area contributed by atoms with E-state index in [1.807, 2.05) is 98.0 Å². The van der Waals surface area contributed by atoms with Crippen LogP contribution in [0.3, 0.4) is 0 Å². The molecule has 0 unspecified atom stereocenters. The van der Waals surface area contributed by atoms with Crippen molar-refractivity contribution in [3.63, 3.8) is 0 Å². The fraction of sp³-hybridized carbons (Fsp3) is 0.0909. The second-order valence-corrected chi connectivity index (χ2v) is 5.81. The normalized spacial score (nSPS) is 11.2. The highest BCUT2D eigenvalue weighted by molar-refractivity contribution is 6.51. The summed E-state index contributed by atoms with van der Waals surface area (Å²) in [6, 6.07) is 28.9. The molecule has 0 radical (unpaired) electrons. The SMILES string of the molecule is CN(Cc1ccccc1)/N=C(/C(=O)c1ccccc1)c1ccccc1. The molecule has 0 aliphatic heterocycles. The first-order chi connectivity index (χ1) is 12.2. The maximum absolute atomic E-state index is 13.0. The molecule has 0 aliphatic carbocycles. The van der Waals surface area contributed by atoms with E-state index in [2.05, 4.69) is 5.10 Å². The van der Waals surface area contributed by atoms with E-state index >= 15 is 0 Å². The molecule has 3 nitrogen and oxygen atoms in total. The summed E-state index contributed by atoms with van der Waals surface area (Å²) >= 11 is 0. The molecule has 0 N–H and O–H groups in total. The van der Waals surface area contributed by atoms with Crippen molar-refractivity contribution < 1.29 is 4.79 Å². The highest BCUT2D eigenvalue weighted by atomic mass is 16.1. The number of Topliss-reactive ketones (excluding diaryl/α,β-unsaturated/α-hetero) is 1. The van der Waals surface area contributed by atoms with E-state index in [4.69, 9.17) is 0 Å². The van der Waals surface area contributed by atoms with E-state index in [1.54, 1.807) is 5.01 Å². The van der Waals surface area contributed by atoms with Gasteiger partial charge in [0.25, 0.3) is 0 Å². The lowest BCUT2D eigenvalue weighted by Gasteiger charge is -2.16. The molecule has 0 atom stereocenters. The third-order valence-electron chi connectivity index (χ3n) is 3.82. The van der Waals surface area contributed by atoms with Crippen molar-refractivity contribution in [1.82, 2.24) is 5.01 Å². The Hall–Kier alpha value is -3.20. The quantitative estimate of drug-likeness (QED) is 0.381. The summed E-state index contributed by atoms with van der Waals surface area (Å²) < 4.78 is 0. The predicted molar refractivity (Wildman–Crippen MR) is 102 cm³/mol. The van der Waals surface area contributed by atoms with Crippen LogP contribution in [0.4, 0.5) is 0 Å². The van der Waals surface area contributed by atoms with Gasteiger partial charge in [-0.25, -0.2) is 0 Å². The van der Waals surface area contributed by atoms with Crippen LogP contribution in [0.1, 0.15) is 21.5 Å². The number of hydrogen-bond donors (Lipinski definition) is 0. The summed E-state index contributed by atoms with van der Waals surface area (Å²) in [5.74, 6) is -0.0771. The number of hydrogen-bond acceptors (Lipinski definition) is 3. The Kier molecular flexibility index (Phi) is 5.37. The first-order valence-electron chi connectivity index (χ1n) is 8.23. The number of ketones is 1. The molecule has 3 rings (SSSR count). The second kappa shape index (κ2) is 8.06. The van der Waals surface area contributed by atoms with Crippen molar-refractivity contribution in [1.29, 1.82) is 0 Å². The average molecular weight is 328 g/mol. The molecule has 0 aliphatic rings. The van der Waals surface area contributed by atoms with Crippen LogP contribution in [0.5, 0.6) is 0 Å². The molecule has 0 heterocycles. The Balaban J connectivity index is 1.92. The fourth-order valence-corrected chi connectivity index (χ4v) is 2.61. The molecule has 0 bridgehead atoms. The van der Waals surface area contributed by atoms with Crippen molar-refractivity contribution in [3.8, 4) is 0 Å². The van der Waals surface area contributed by atoms with Crippen LogP contribution in [-0.4, -0.2) is 23.6 Å². The Morgan fingerprint density at radius 2 is 1.24 bits per heavy atom. The van der Waals surface area contributed by atoms with Gasteiger partial charge < -0.3 is 0 Å². The Morgan fingerprint density at radius 1 is 0.760 bits per heavy atom. The first-order valence-corrected chi connectivity index (χ1v) is 8.23. The van der Waals surface area contributed by atoms with E-state index in [0.29, 0.717) is 17.8 Å². The van der Waals surface area contributed by atoms with Gasteiger partial charge in [0, 0.05) is 18.2 Å². The second-order valence-electron chi connectivity index (χ2n) is 5.81. The maximum Gasteiger partial charge on any atom is 0.213 e. The lowest BCUT2D eigenvalue weighted by atomic mass is 10.0.